The summed E-state index contributed by atoms with van der Waals surface area (Å²) in [5, 5.41) is 0. The number of benzene rings is 2. The molecule has 0 radical (unpaired) electrons. The van der Waals surface area contributed by atoms with Crippen LogP contribution in [0.1, 0.15) is 22.7 Å². The van der Waals surface area contributed by atoms with Gasteiger partial charge >= 0.3 is 0 Å². The van der Waals surface area contributed by atoms with E-state index in [-0.39, 0.29) is 6.04 Å². The molecule has 2 nitrogen and oxygen atoms in total. The fourth-order valence-corrected chi connectivity index (χ4v) is 3.21. The van der Waals surface area contributed by atoms with Gasteiger partial charge < -0.3 is 10.5 Å². The first-order valence-corrected chi connectivity index (χ1v) is 7.69. The summed E-state index contributed by atoms with van der Waals surface area (Å²) >= 11 is 1.80. The van der Waals surface area contributed by atoms with Gasteiger partial charge in [0.15, 0.2) is 0 Å². The van der Waals surface area contributed by atoms with Crippen molar-refractivity contribution in [2.75, 3.05) is 12.9 Å². The molecule has 0 saturated heterocycles. The van der Waals surface area contributed by atoms with Crippen molar-refractivity contribution in [1.82, 2.24) is 0 Å². The molecule has 1 unspecified atom stereocenters. The molecule has 2 aromatic carbocycles. The minimum Gasteiger partial charge on any atom is -0.496 e. The van der Waals surface area contributed by atoms with Crippen LogP contribution in [0.2, 0.25) is 0 Å². The third-order valence-electron chi connectivity index (χ3n) is 3.30. The van der Waals surface area contributed by atoms with Gasteiger partial charge in [-0.2, -0.15) is 0 Å². The Balaban J connectivity index is 2.08. The fourth-order valence-electron chi connectivity index (χ4n) is 2.10. The maximum atomic E-state index is 6.31. The van der Waals surface area contributed by atoms with Crippen molar-refractivity contribution >= 4 is 11.8 Å². The average Bonchev–Trinajstić information content (AvgIpc) is 2.47. The number of para-hydroxylation sites is 1. The second-order valence-electron chi connectivity index (χ2n) is 4.93. The van der Waals surface area contributed by atoms with Gasteiger partial charge in [-0.05, 0) is 31.5 Å². The SMILES string of the molecule is COc1ccccc1C(N)CSc1cc(C)ccc1C. The number of thioether (sulfide) groups is 1. The molecule has 0 heterocycles. The summed E-state index contributed by atoms with van der Waals surface area (Å²) in [7, 11) is 1.68. The molecule has 106 valence electrons. The Bertz CT molecular complexity index is 583. The first kappa shape index (κ1) is 14.9. The summed E-state index contributed by atoms with van der Waals surface area (Å²) in [6.45, 7) is 4.25. The quantitative estimate of drug-likeness (QED) is 0.841. The summed E-state index contributed by atoms with van der Waals surface area (Å²) in [6.07, 6.45) is 0. The molecule has 0 aliphatic heterocycles. The Hall–Kier alpha value is -1.45. The normalized spacial score (nSPS) is 12.2. The molecule has 20 heavy (non-hydrogen) atoms. The van der Waals surface area contributed by atoms with Crippen LogP contribution in [0.3, 0.4) is 0 Å². The summed E-state index contributed by atoms with van der Waals surface area (Å²) in [4.78, 5) is 1.30. The summed E-state index contributed by atoms with van der Waals surface area (Å²) < 4.78 is 5.37. The van der Waals surface area contributed by atoms with Gasteiger partial charge in [0.05, 0.1) is 7.11 Å². The van der Waals surface area contributed by atoms with Crippen molar-refractivity contribution in [3.05, 3.63) is 59.2 Å². The molecule has 2 rings (SSSR count). The highest BCUT2D eigenvalue weighted by Crippen LogP contribution is 2.30. The van der Waals surface area contributed by atoms with E-state index in [1.165, 1.54) is 16.0 Å². The molecule has 0 saturated carbocycles. The Labute approximate surface area is 125 Å². The first-order chi connectivity index (χ1) is 9.61. The second-order valence-corrected chi connectivity index (χ2v) is 5.99. The predicted octanol–water partition coefficient (Wildman–Crippen LogP) is 4.10. The van der Waals surface area contributed by atoms with Gasteiger partial charge in [0.1, 0.15) is 5.75 Å². The summed E-state index contributed by atoms with van der Waals surface area (Å²) in [5.41, 5.74) is 9.95. The third kappa shape index (κ3) is 3.56. The van der Waals surface area contributed by atoms with Crippen LogP contribution in [0, 0.1) is 13.8 Å². The number of hydrogen-bond donors (Lipinski definition) is 1. The van der Waals surface area contributed by atoms with Gasteiger partial charge in [-0.1, -0.05) is 35.9 Å². The molecule has 0 aliphatic rings. The van der Waals surface area contributed by atoms with E-state index in [4.69, 9.17) is 10.5 Å². The zero-order chi connectivity index (χ0) is 14.5. The Kier molecular flexibility index (Phi) is 5.10. The molecule has 0 aromatic heterocycles. The smallest absolute Gasteiger partial charge is 0.123 e. The molecular formula is C17H21NOS. The molecule has 1 atom stereocenters. The molecule has 0 fully saturated rings. The van der Waals surface area contributed by atoms with E-state index in [1.807, 2.05) is 24.3 Å². The maximum absolute atomic E-state index is 6.31. The first-order valence-electron chi connectivity index (χ1n) is 6.70. The van der Waals surface area contributed by atoms with E-state index in [1.54, 1.807) is 18.9 Å². The standard InChI is InChI=1S/C17H21NOS/c1-12-8-9-13(2)17(10-12)20-11-15(18)14-6-4-5-7-16(14)19-3/h4-10,15H,11,18H2,1-3H3. The van der Waals surface area contributed by atoms with Gasteiger partial charge in [0.2, 0.25) is 0 Å². The minimum absolute atomic E-state index is 0.0314. The largest absolute Gasteiger partial charge is 0.496 e. The van der Waals surface area contributed by atoms with Crippen molar-refractivity contribution in [1.29, 1.82) is 0 Å². The molecule has 2 N–H and O–H groups in total. The van der Waals surface area contributed by atoms with Gasteiger partial charge in [0, 0.05) is 22.3 Å². The Morgan fingerprint density at radius 2 is 1.90 bits per heavy atom. The molecule has 0 bridgehead atoms. The molecule has 0 aliphatic carbocycles. The van der Waals surface area contributed by atoms with Crippen LogP contribution >= 0.6 is 11.8 Å². The monoisotopic (exact) mass is 287 g/mol. The zero-order valence-corrected chi connectivity index (χ0v) is 13.0. The van der Waals surface area contributed by atoms with Gasteiger partial charge in [-0.15, -0.1) is 11.8 Å². The van der Waals surface area contributed by atoms with Crippen LogP contribution < -0.4 is 10.5 Å². The van der Waals surface area contributed by atoms with Crippen molar-refractivity contribution in [2.45, 2.75) is 24.8 Å². The number of rotatable bonds is 5. The van der Waals surface area contributed by atoms with E-state index in [9.17, 15) is 0 Å². The molecular weight excluding hydrogens is 266 g/mol. The van der Waals surface area contributed by atoms with E-state index in [0.29, 0.717) is 0 Å². The van der Waals surface area contributed by atoms with Gasteiger partial charge in [-0.3, -0.25) is 0 Å². The van der Waals surface area contributed by atoms with E-state index in [2.05, 4.69) is 32.0 Å². The third-order valence-corrected chi connectivity index (χ3v) is 4.58. The highest BCUT2D eigenvalue weighted by Gasteiger charge is 2.12. The fraction of sp³-hybridized carbons (Fsp3) is 0.294. The second kappa shape index (κ2) is 6.82. The lowest BCUT2D eigenvalue weighted by molar-refractivity contribution is 0.407. The van der Waals surface area contributed by atoms with Gasteiger partial charge in [0.25, 0.3) is 0 Å². The predicted molar refractivity (Wildman–Crippen MR) is 86.6 cm³/mol. The van der Waals surface area contributed by atoms with Crippen molar-refractivity contribution in [3.63, 3.8) is 0 Å². The summed E-state index contributed by atoms with van der Waals surface area (Å²) in [5.74, 6) is 1.70. The van der Waals surface area contributed by atoms with E-state index in [0.717, 1.165) is 17.1 Å². The number of methoxy groups -OCH3 is 1. The lowest BCUT2D eigenvalue weighted by atomic mass is 10.1. The topological polar surface area (TPSA) is 35.2 Å². The molecule has 0 amide bonds. The van der Waals surface area contributed by atoms with Crippen molar-refractivity contribution < 1.29 is 4.74 Å². The van der Waals surface area contributed by atoms with Gasteiger partial charge in [-0.25, -0.2) is 0 Å². The lowest BCUT2D eigenvalue weighted by Gasteiger charge is -2.16. The van der Waals surface area contributed by atoms with Crippen LogP contribution in [0.4, 0.5) is 0 Å². The van der Waals surface area contributed by atoms with E-state index < -0.39 is 0 Å². The van der Waals surface area contributed by atoms with Crippen LogP contribution in [0.15, 0.2) is 47.4 Å². The number of hydrogen-bond acceptors (Lipinski definition) is 3. The average molecular weight is 287 g/mol. The minimum atomic E-state index is -0.0314. The van der Waals surface area contributed by atoms with Crippen LogP contribution in [0.25, 0.3) is 0 Å². The number of nitrogens with two attached hydrogens (primary N) is 1. The highest BCUT2D eigenvalue weighted by molar-refractivity contribution is 7.99. The van der Waals surface area contributed by atoms with E-state index >= 15 is 0 Å². The van der Waals surface area contributed by atoms with Crippen LogP contribution in [0.5, 0.6) is 5.75 Å². The zero-order valence-electron chi connectivity index (χ0n) is 12.2. The maximum Gasteiger partial charge on any atom is 0.123 e. The summed E-state index contributed by atoms with van der Waals surface area (Å²) in [6, 6.07) is 14.4. The highest BCUT2D eigenvalue weighted by atomic mass is 32.2. The number of aryl methyl sites for hydroxylation is 2. The molecule has 0 spiro atoms. The van der Waals surface area contributed by atoms with Crippen LogP contribution in [-0.2, 0) is 0 Å². The van der Waals surface area contributed by atoms with Crippen LogP contribution in [-0.4, -0.2) is 12.9 Å². The lowest BCUT2D eigenvalue weighted by Crippen LogP contribution is -2.14. The molecule has 2 aromatic rings. The van der Waals surface area contributed by atoms with Crippen molar-refractivity contribution in [3.8, 4) is 5.75 Å². The number of ether oxygens (including phenoxy) is 1. The molecule has 3 heteroatoms. The Morgan fingerprint density at radius 1 is 1.15 bits per heavy atom. The Morgan fingerprint density at radius 3 is 2.65 bits per heavy atom. The van der Waals surface area contributed by atoms with Crippen molar-refractivity contribution in [2.24, 2.45) is 5.73 Å².